The number of amides is 3. The fourth-order valence-corrected chi connectivity index (χ4v) is 2.28. The molecular formula is C15H16N4O4. The molecule has 120 valence electrons. The minimum absolute atomic E-state index is 0.115. The first-order valence-corrected chi connectivity index (χ1v) is 7.03. The lowest BCUT2D eigenvalue weighted by Gasteiger charge is -2.37. The second-order valence-electron chi connectivity index (χ2n) is 5.22. The topological polar surface area (TPSA) is 111 Å². The molecule has 0 radical (unpaired) electrons. The van der Waals surface area contributed by atoms with Gasteiger partial charge in [-0.1, -0.05) is 5.16 Å². The summed E-state index contributed by atoms with van der Waals surface area (Å²) >= 11 is 0. The number of benzene rings is 1. The van der Waals surface area contributed by atoms with Gasteiger partial charge in [0.15, 0.2) is 11.5 Å². The number of nitrogens with zero attached hydrogens (tertiary/aromatic N) is 2. The predicted molar refractivity (Wildman–Crippen MR) is 80.9 cm³/mol. The van der Waals surface area contributed by atoms with Gasteiger partial charge in [0.25, 0.3) is 5.91 Å². The van der Waals surface area contributed by atoms with E-state index in [0.29, 0.717) is 18.8 Å². The van der Waals surface area contributed by atoms with Gasteiger partial charge in [0.2, 0.25) is 0 Å². The quantitative estimate of drug-likeness (QED) is 0.868. The van der Waals surface area contributed by atoms with Gasteiger partial charge < -0.3 is 25.2 Å². The number of aromatic nitrogens is 1. The molecule has 1 aliphatic heterocycles. The van der Waals surface area contributed by atoms with Gasteiger partial charge in [-0.3, -0.25) is 4.79 Å². The molecule has 1 fully saturated rings. The summed E-state index contributed by atoms with van der Waals surface area (Å²) in [6, 6.07) is 8.20. The van der Waals surface area contributed by atoms with E-state index in [-0.39, 0.29) is 17.6 Å². The van der Waals surface area contributed by atoms with Crippen molar-refractivity contribution < 1.29 is 18.8 Å². The van der Waals surface area contributed by atoms with Crippen molar-refractivity contribution in [2.24, 2.45) is 5.73 Å². The summed E-state index contributed by atoms with van der Waals surface area (Å²) < 4.78 is 10.3. The first-order chi connectivity index (χ1) is 11.1. The Kier molecular flexibility index (Phi) is 3.88. The van der Waals surface area contributed by atoms with Crippen LogP contribution in [0.15, 0.2) is 34.9 Å². The van der Waals surface area contributed by atoms with Crippen LogP contribution in [0.2, 0.25) is 0 Å². The highest BCUT2D eigenvalue weighted by Crippen LogP contribution is 2.23. The second kappa shape index (κ2) is 5.99. The van der Waals surface area contributed by atoms with E-state index in [1.165, 1.54) is 4.90 Å². The fraction of sp³-hybridized carbons (Fsp3) is 0.267. The van der Waals surface area contributed by atoms with Crippen LogP contribution in [0, 0.1) is 0 Å². The zero-order valence-electron chi connectivity index (χ0n) is 12.5. The average Bonchev–Trinajstić information content (AvgIpc) is 3.00. The highest BCUT2D eigenvalue weighted by Gasteiger charge is 2.31. The number of hydrogen-bond acceptors (Lipinski definition) is 5. The Balaban J connectivity index is 1.62. The highest BCUT2D eigenvalue weighted by molar-refractivity contribution is 5.93. The molecule has 2 heterocycles. The lowest BCUT2D eigenvalue weighted by molar-refractivity contribution is 0.0852. The molecule has 8 nitrogen and oxygen atoms in total. The highest BCUT2D eigenvalue weighted by atomic mass is 16.5. The lowest BCUT2D eigenvalue weighted by atomic mass is 10.1. The maximum atomic E-state index is 12.1. The third-order valence-electron chi connectivity index (χ3n) is 3.65. The Hall–Kier alpha value is -3.03. The van der Waals surface area contributed by atoms with Gasteiger partial charge in [0.1, 0.15) is 5.75 Å². The molecule has 8 heteroatoms. The molecule has 0 bridgehead atoms. The number of urea groups is 1. The summed E-state index contributed by atoms with van der Waals surface area (Å²) in [5, 5.41) is 6.55. The number of carbonyl (C=O) groups excluding carboxylic acids is 2. The maximum absolute atomic E-state index is 12.1. The van der Waals surface area contributed by atoms with Crippen molar-refractivity contribution in [3.63, 3.8) is 0 Å². The molecule has 0 aliphatic carbocycles. The van der Waals surface area contributed by atoms with Crippen LogP contribution >= 0.6 is 0 Å². The van der Waals surface area contributed by atoms with E-state index in [1.807, 2.05) is 12.1 Å². The smallest absolute Gasteiger partial charge is 0.314 e. The molecule has 0 saturated carbocycles. The molecule has 1 aromatic carbocycles. The van der Waals surface area contributed by atoms with Crippen molar-refractivity contribution in [2.75, 3.05) is 20.2 Å². The van der Waals surface area contributed by atoms with E-state index in [2.05, 4.69) is 10.5 Å². The van der Waals surface area contributed by atoms with E-state index in [9.17, 15) is 9.59 Å². The molecule has 1 aliphatic rings. The SMILES string of the molecule is COc1ccc(-c2cc(C(=O)NC3CN(C(N)=O)C3)no2)cc1. The Labute approximate surface area is 132 Å². The number of likely N-dealkylation sites (tertiary alicyclic amines) is 1. The standard InChI is InChI=1S/C15H16N4O4/c1-22-11-4-2-9(3-5-11)13-6-12(18-23-13)14(20)17-10-7-19(8-10)15(16)21/h2-6,10H,7-8H2,1H3,(H2,16,21)(H,17,20). The van der Waals surface area contributed by atoms with Gasteiger partial charge >= 0.3 is 6.03 Å². The molecular weight excluding hydrogens is 300 g/mol. The van der Waals surface area contributed by atoms with Crippen molar-refractivity contribution in [1.82, 2.24) is 15.4 Å². The van der Waals surface area contributed by atoms with Gasteiger partial charge in [0, 0.05) is 24.7 Å². The fourth-order valence-electron chi connectivity index (χ4n) is 2.28. The summed E-state index contributed by atoms with van der Waals surface area (Å²) in [6.45, 7) is 0.814. The molecule has 1 aromatic heterocycles. The first kappa shape index (κ1) is 14.9. The van der Waals surface area contributed by atoms with Crippen LogP contribution in [0.3, 0.4) is 0 Å². The van der Waals surface area contributed by atoms with Crippen LogP contribution in [0.25, 0.3) is 11.3 Å². The van der Waals surface area contributed by atoms with Crippen molar-refractivity contribution in [3.05, 3.63) is 36.0 Å². The van der Waals surface area contributed by atoms with Gasteiger partial charge in [-0.25, -0.2) is 4.79 Å². The molecule has 0 unspecified atom stereocenters. The summed E-state index contributed by atoms with van der Waals surface area (Å²) in [5.74, 6) is 0.878. The van der Waals surface area contributed by atoms with E-state index in [4.69, 9.17) is 15.0 Å². The average molecular weight is 316 g/mol. The molecule has 0 atom stereocenters. The van der Waals surface area contributed by atoms with Gasteiger partial charge in [-0.2, -0.15) is 0 Å². The monoisotopic (exact) mass is 316 g/mol. The van der Waals surface area contributed by atoms with Crippen molar-refractivity contribution in [1.29, 1.82) is 0 Å². The normalized spacial score (nSPS) is 14.2. The number of nitrogens with two attached hydrogens (primary N) is 1. The number of methoxy groups -OCH3 is 1. The minimum atomic E-state index is -0.487. The number of carbonyl (C=O) groups is 2. The number of ether oxygens (including phenoxy) is 1. The molecule has 23 heavy (non-hydrogen) atoms. The number of hydrogen-bond donors (Lipinski definition) is 2. The Morgan fingerprint density at radius 2 is 2.04 bits per heavy atom. The van der Waals surface area contributed by atoms with Crippen molar-refractivity contribution in [2.45, 2.75) is 6.04 Å². The van der Waals surface area contributed by atoms with Crippen LogP contribution in [-0.4, -0.2) is 48.2 Å². The maximum Gasteiger partial charge on any atom is 0.314 e. The van der Waals surface area contributed by atoms with Gasteiger partial charge in [0.05, 0.1) is 13.2 Å². The summed E-state index contributed by atoms with van der Waals surface area (Å²) in [5.41, 5.74) is 6.11. The first-order valence-electron chi connectivity index (χ1n) is 7.03. The van der Waals surface area contributed by atoms with Gasteiger partial charge in [-0.05, 0) is 24.3 Å². The van der Waals surface area contributed by atoms with Crippen LogP contribution in [0.5, 0.6) is 5.75 Å². The molecule has 3 N–H and O–H groups in total. The summed E-state index contributed by atoms with van der Waals surface area (Å²) in [6.07, 6.45) is 0. The Morgan fingerprint density at radius 3 is 2.65 bits per heavy atom. The number of primary amides is 1. The van der Waals surface area contributed by atoms with Gasteiger partial charge in [-0.15, -0.1) is 0 Å². The van der Waals surface area contributed by atoms with Crippen molar-refractivity contribution >= 4 is 11.9 Å². The summed E-state index contributed by atoms with van der Waals surface area (Å²) in [7, 11) is 1.59. The third kappa shape index (κ3) is 3.10. The largest absolute Gasteiger partial charge is 0.497 e. The van der Waals surface area contributed by atoms with E-state index in [0.717, 1.165) is 11.3 Å². The van der Waals surface area contributed by atoms with E-state index >= 15 is 0 Å². The van der Waals surface area contributed by atoms with Crippen LogP contribution in [0.4, 0.5) is 4.79 Å². The molecule has 3 amide bonds. The summed E-state index contributed by atoms with van der Waals surface area (Å²) in [4.78, 5) is 24.4. The van der Waals surface area contributed by atoms with Crippen LogP contribution in [-0.2, 0) is 0 Å². The Bertz CT molecular complexity index is 719. The predicted octanol–water partition coefficient (Wildman–Crippen LogP) is 0.843. The molecule has 0 spiro atoms. The molecule has 2 aromatic rings. The Morgan fingerprint density at radius 1 is 1.35 bits per heavy atom. The molecule has 3 rings (SSSR count). The van der Waals surface area contributed by atoms with E-state index < -0.39 is 6.03 Å². The minimum Gasteiger partial charge on any atom is -0.497 e. The second-order valence-corrected chi connectivity index (χ2v) is 5.22. The van der Waals surface area contributed by atoms with Crippen LogP contribution in [0.1, 0.15) is 10.5 Å². The number of nitrogens with one attached hydrogen (secondary N) is 1. The van der Waals surface area contributed by atoms with E-state index in [1.54, 1.807) is 25.3 Å². The lowest BCUT2D eigenvalue weighted by Crippen LogP contribution is -2.62. The van der Waals surface area contributed by atoms with Crippen LogP contribution < -0.4 is 15.8 Å². The zero-order chi connectivity index (χ0) is 16.4. The third-order valence-corrected chi connectivity index (χ3v) is 3.65. The zero-order valence-corrected chi connectivity index (χ0v) is 12.5. The van der Waals surface area contributed by atoms with Crippen molar-refractivity contribution in [3.8, 4) is 17.1 Å². The number of rotatable bonds is 4. The molecule has 1 saturated heterocycles.